The van der Waals surface area contributed by atoms with E-state index in [1.807, 2.05) is 34.7 Å². The molecule has 1 aromatic rings. The van der Waals surface area contributed by atoms with E-state index in [0.717, 1.165) is 18.5 Å². The summed E-state index contributed by atoms with van der Waals surface area (Å²) in [6, 6.07) is -0.0328. The number of aryl methyl sites for hydroxylation is 1. The van der Waals surface area contributed by atoms with E-state index in [1.165, 1.54) is 0 Å². The van der Waals surface area contributed by atoms with Gasteiger partial charge in [0.25, 0.3) is 5.91 Å². The molecule has 1 saturated heterocycles. The van der Waals surface area contributed by atoms with Gasteiger partial charge in [-0.1, -0.05) is 0 Å². The number of likely N-dealkylation sites (N-methyl/N-ethyl adjacent to an activating group) is 1. The quantitative estimate of drug-likeness (QED) is 0.830. The van der Waals surface area contributed by atoms with Crippen LogP contribution in [0.1, 0.15) is 49.7 Å². The fourth-order valence-corrected chi connectivity index (χ4v) is 2.82. The smallest absolute Gasteiger partial charge is 0.410 e. The lowest BCUT2D eigenvalue weighted by molar-refractivity contribution is 0.0131. The lowest BCUT2D eigenvalue weighted by Crippen LogP contribution is -2.51. The molecule has 1 aliphatic heterocycles. The molecule has 7 nitrogen and oxygen atoms in total. The van der Waals surface area contributed by atoms with Crippen LogP contribution < -0.4 is 0 Å². The minimum atomic E-state index is -0.525. The van der Waals surface area contributed by atoms with Crippen LogP contribution in [0.25, 0.3) is 0 Å². The Morgan fingerprint density at radius 3 is 2.58 bits per heavy atom. The number of hydrogen-bond donors (Lipinski definition) is 0. The number of hydrogen-bond acceptors (Lipinski definition) is 4. The van der Waals surface area contributed by atoms with Crippen LogP contribution in [0.2, 0.25) is 0 Å². The summed E-state index contributed by atoms with van der Waals surface area (Å²) < 4.78 is 7.12. The van der Waals surface area contributed by atoms with Gasteiger partial charge in [-0.25, -0.2) is 4.79 Å². The zero-order valence-corrected chi connectivity index (χ0v) is 15.5. The first kappa shape index (κ1) is 18.3. The molecule has 1 atom stereocenters. The molecule has 0 bridgehead atoms. The number of amides is 2. The van der Waals surface area contributed by atoms with Gasteiger partial charge in [0.1, 0.15) is 5.60 Å². The molecule has 7 heteroatoms. The minimum Gasteiger partial charge on any atom is -0.444 e. The van der Waals surface area contributed by atoms with Crippen molar-refractivity contribution >= 4 is 12.0 Å². The van der Waals surface area contributed by atoms with Crippen molar-refractivity contribution in [1.29, 1.82) is 0 Å². The molecule has 134 valence electrons. The van der Waals surface area contributed by atoms with Gasteiger partial charge in [0.05, 0.1) is 17.8 Å². The molecule has 0 aliphatic carbocycles. The summed E-state index contributed by atoms with van der Waals surface area (Å²) in [5, 5.41) is 4.14. The van der Waals surface area contributed by atoms with Gasteiger partial charge < -0.3 is 14.5 Å². The number of ether oxygens (including phenoxy) is 1. The van der Waals surface area contributed by atoms with Crippen LogP contribution in [0.4, 0.5) is 4.79 Å². The van der Waals surface area contributed by atoms with Crippen LogP contribution in [0.3, 0.4) is 0 Å². The van der Waals surface area contributed by atoms with E-state index in [2.05, 4.69) is 5.10 Å². The van der Waals surface area contributed by atoms with E-state index in [1.54, 1.807) is 27.7 Å². The SMILES string of the molecule is Cc1c(C(=O)N2CCC[C@@H](N(C)C(=O)OC(C)(C)C)C2)cnn1C. The molecule has 1 aliphatic rings. The molecule has 2 rings (SSSR count). The van der Waals surface area contributed by atoms with Gasteiger partial charge in [-0.05, 0) is 40.5 Å². The fraction of sp³-hybridized carbons (Fsp3) is 0.706. The van der Waals surface area contributed by atoms with Gasteiger partial charge in [0, 0.05) is 32.9 Å². The van der Waals surface area contributed by atoms with Crippen LogP contribution in [0, 0.1) is 6.92 Å². The Balaban J connectivity index is 2.05. The lowest BCUT2D eigenvalue weighted by Gasteiger charge is -2.38. The van der Waals surface area contributed by atoms with Crippen molar-refractivity contribution in [2.45, 2.75) is 52.2 Å². The second-order valence-electron chi connectivity index (χ2n) is 7.41. The van der Waals surface area contributed by atoms with E-state index >= 15 is 0 Å². The van der Waals surface area contributed by atoms with Crippen molar-refractivity contribution in [2.24, 2.45) is 7.05 Å². The third kappa shape index (κ3) is 4.07. The summed E-state index contributed by atoms with van der Waals surface area (Å²) in [6.07, 6.45) is 2.99. The Morgan fingerprint density at radius 1 is 1.38 bits per heavy atom. The summed E-state index contributed by atoms with van der Waals surface area (Å²) in [7, 11) is 3.56. The molecule has 0 spiro atoms. The van der Waals surface area contributed by atoms with E-state index in [0.29, 0.717) is 18.7 Å². The van der Waals surface area contributed by atoms with Gasteiger partial charge in [0.15, 0.2) is 0 Å². The van der Waals surface area contributed by atoms with E-state index in [4.69, 9.17) is 4.74 Å². The molecule has 0 aromatic carbocycles. The zero-order chi connectivity index (χ0) is 18.1. The Labute approximate surface area is 143 Å². The van der Waals surface area contributed by atoms with Crippen LogP contribution in [-0.4, -0.2) is 63.4 Å². The van der Waals surface area contributed by atoms with Crippen LogP contribution in [-0.2, 0) is 11.8 Å². The number of nitrogens with zero attached hydrogens (tertiary/aromatic N) is 4. The van der Waals surface area contributed by atoms with Crippen LogP contribution >= 0.6 is 0 Å². The van der Waals surface area contributed by atoms with Gasteiger partial charge in [-0.3, -0.25) is 9.48 Å². The van der Waals surface area contributed by atoms with Crippen LogP contribution in [0.5, 0.6) is 0 Å². The number of likely N-dealkylation sites (tertiary alicyclic amines) is 1. The third-order valence-electron chi connectivity index (χ3n) is 4.38. The number of carbonyl (C=O) groups is 2. The van der Waals surface area contributed by atoms with Crippen molar-refractivity contribution in [3.05, 3.63) is 17.5 Å². The fourth-order valence-electron chi connectivity index (χ4n) is 2.82. The molecule has 24 heavy (non-hydrogen) atoms. The van der Waals surface area contributed by atoms with Gasteiger partial charge in [-0.15, -0.1) is 0 Å². The monoisotopic (exact) mass is 336 g/mol. The summed E-state index contributed by atoms with van der Waals surface area (Å²) in [5.41, 5.74) is 0.947. The predicted octanol–water partition coefficient (Wildman–Crippen LogP) is 2.20. The third-order valence-corrected chi connectivity index (χ3v) is 4.38. The Hall–Kier alpha value is -2.05. The molecule has 2 amide bonds. The first-order valence-electron chi connectivity index (χ1n) is 8.34. The van der Waals surface area contributed by atoms with Crippen LogP contribution in [0.15, 0.2) is 6.20 Å². The standard InChI is InChI=1S/C17H28N4O3/c1-12-14(10-18-20(12)6)15(22)21-9-7-8-13(11-21)19(5)16(23)24-17(2,3)4/h10,13H,7-9,11H2,1-6H3/t13-/m1/s1. The Bertz CT molecular complexity index is 618. The first-order chi connectivity index (χ1) is 11.1. The molecule has 1 fully saturated rings. The highest BCUT2D eigenvalue weighted by atomic mass is 16.6. The average Bonchev–Trinajstić information content (AvgIpc) is 2.84. The van der Waals surface area contributed by atoms with E-state index in [9.17, 15) is 9.59 Å². The van der Waals surface area contributed by atoms with Crippen molar-refractivity contribution in [2.75, 3.05) is 20.1 Å². The maximum absolute atomic E-state index is 12.7. The average molecular weight is 336 g/mol. The van der Waals surface area contributed by atoms with E-state index in [-0.39, 0.29) is 18.0 Å². The second kappa shape index (κ2) is 6.83. The summed E-state index contributed by atoms with van der Waals surface area (Å²) in [4.78, 5) is 28.4. The second-order valence-corrected chi connectivity index (χ2v) is 7.41. The first-order valence-corrected chi connectivity index (χ1v) is 8.34. The molecule has 0 unspecified atom stereocenters. The van der Waals surface area contributed by atoms with Crippen molar-refractivity contribution in [3.8, 4) is 0 Å². The molecule has 1 aromatic heterocycles. The Morgan fingerprint density at radius 2 is 2.04 bits per heavy atom. The Kier molecular flexibility index (Phi) is 5.20. The molecule has 0 radical (unpaired) electrons. The molecular weight excluding hydrogens is 308 g/mol. The predicted molar refractivity (Wildman–Crippen MR) is 90.9 cm³/mol. The van der Waals surface area contributed by atoms with Gasteiger partial charge in [-0.2, -0.15) is 5.10 Å². The normalized spacial score (nSPS) is 18.4. The van der Waals surface area contributed by atoms with Crippen molar-refractivity contribution in [3.63, 3.8) is 0 Å². The number of aromatic nitrogens is 2. The highest BCUT2D eigenvalue weighted by Gasteiger charge is 2.32. The number of piperidine rings is 1. The van der Waals surface area contributed by atoms with Gasteiger partial charge >= 0.3 is 6.09 Å². The topological polar surface area (TPSA) is 67.7 Å². The molecular formula is C17H28N4O3. The molecule has 0 saturated carbocycles. The summed E-state index contributed by atoms with van der Waals surface area (Å²) in [6.45, 7) is 8.64. The molecule has 0 N–H and O–H groups in total. The zero-order valence-electron chi connectivity index (χ0n) is 15.5. The lowest BCUT2D eigenvalue weighted by atomic mass is 10.0. The molecule has 2 heterocycles. The number of rotatable bonds is 2. The van der Waals surface area contributed by atoms with Gasteiger partial charge in [0.2, 0.25) is 0 Å². The summed E-state index contributed by atoms with van der Waals surface area (Å²) in [5.74, 6) is -0.0251. The van der Waals surface area contributed by atoms with E-state index < -0.39 is 5.60 Å². The maximum Gasteiger partial charge on any atom is 0.410 e. The number of carbonyl (C=O) groups excluding carboxylic acids is 2. The minimum absolute atomic E-state index is 0.0251. The summed E-state index contributed by atoms with van der Waals surface area (Å²) >= 11 is 0. The van der Waals surface area contributed by atoms with Crippen molar-refractivity contribution < 1.29 is 14.3 Å². The van der Waals surface area contributed by atoms with Crippen molar-refractivity contribution in [1.82, 2.24) is 19.6 Å². The highest BCUT2D eigenvalue weighted by Crippen LogP contribution is 2.20. The largest absolute Gasteiger partial charge is 0.444 e. The highest BCUT2D eigenvalue weighted by molar-refractivity contribution is 5.95. The maximum atomic E-state index is 12.7.